The van der Waals surface area contributed by atoms with Gasteiger partial charge in [0.1, 0.15) is 12.1 Å². The standard InChI is InChI=1S/C22H29N5O2/c1-15-10-16(2)13-26(12-15)9-5-8-23-20(28)14-27-19-7-4-3-6-17(19)18-11-24-25-22(29)21(18)27/h3-4,6-7,11,15-16H,5,8-10,12-14H2,1-2H3,(H,23,28)(H,25,29)/t15-,16+. The highest BCUT2D eigenvalue weighted by molar-refractivity contribution is 6.07. The molecule has 29 heavy (non-hydrogen) atoms. The van der Waals surface area contributed by atoms with E-state index in [-0.39, 0.29) is 18.0 Å². The van der Waals surface area contributed by atoms with Crippen LogP contribution in [-0.2, 0) is 11.3 Å². The van der Waals surface area contributed by atoms with E-state index in [4.69, 9.17) is 0 Å². The molecule has 0 bridgehead atoms. The van der Waals surface area contributed by atoms with Gasteiger partial charge in [0.25, 0.3) is 5.56 Å². The van der Waals surface area contributed by atoms with Gasteiger partial charge in [0.15, 0.2) is 0 Å². The number of carbonyl (C=O) groups excluding carboxylic acids is 1. The number of H-pyrrole nitrogens is 1. The first-order valence-corrected chi connectivity index (χ1v) is 10.5. The summed E-state index contributed by atoms with van der Waals surface area (Å²) >= 11 is 0. The number of aromatic nitrogens is 3. The SMILES string of the molecule is C[C@@H]1C[C@H](C)CN(CCCNC(=O)Cn2c3ccccc3c3cn[nH]c(=O)c32)C1. The minimum Gasteiger partial charge on any atom is -0.355 e. The lowest BCUT2D eigenvalue weighted by Gasteiger charge is -2.34. The Balaban J connectivity index is 1.40. The lowest BCUT2D eigenvalue weighted by molar-refractivity contribution is -0.121. The Labute approximate surface area is 170 Å². The number of nitrogens with zero attached hydrogens (tertiary/aromatic N) is 3. The van der Waals surface area contributed by atoms with E-state index in [9.17, 15) is 9.59 Å². The molecule has 1 aliphatic heterocycles. The summed E-state index contributed by atoms with van der Waals surface area (Å²) in [6, 6.07) is 7.72. The minimum atomic E-state index is -0.278. The molecule has 3 aromatic rings. The van der Waals surface area contributed by atoms with Crippen LogP contribution in [0.5, 0.6) is 0 Å². The maximum atomic E-state index is 12.6. The lowest BCUT2D eigenvalue weighted by atomic mass is 9.92. The largest absolute Gasteiger partial charge is 0.355 e. The number of hydrogen-bond acceptors (Lipinski definition) is 4. The van der Waals surface area contributed by atoms with Gasteiger partial charge in [-0.3, -0.25) is 9.59 Å². The molecule has 0 spiro atoms. The van der Waals surface area contributed by atoms with Crippen molar-refractivity contribution in [1.82, 2.24) is 25.0 Å². The minimum absolute atomic E-state index is 0.0794. The van der Waals surface area contributed by atoms with Gasteiger partial charge in [-0.15, -0.1) is 0 Å². The van der Waals surface area contributed by atoms with Crippen LogP contribution < -0.4 is 10.9 Å². The molecule has 7 nitrogen and oxygen atoms in total. The molecule has 0 saturated carbocycles. The number of fused-ring (bicyclic) bond motifs is 3. The van der Waals surface area contributed by atoms with Crippen LogP contribution in [0.15, 0.2) is 35.3 Å². The third kappa shape index (κ3) is 4.19. The summed E-state index contributed by atoms with van der Waals surface area (Å²) < 4.78 is 1.79. The van der Waals surface area contributed by atoms with Gasteiger partial charge < -0.3 is 14.8 Å². The van der Waals surface area contributed by atoms with Crippen molar-refractivity contribution in [3.05, 3.63) is 40.8 Å². The smallest absolute Gasteiger partial charge is 0.288 e. The topological polar surface area (TPSA) is 83.0 Å². The van der Waals surface area contributed by atoms with Crippen molar-refractivity contribution in [2.75, 3.05) is 26.2 Å². The van der Waals surface area contributed by atoms with Crippen molar-refractivity contribution in [2.24, 2.45) is 11.8 Å². The normalized spacial score (nSPS) is 20.3. The Morgan fingerprint density at radius 1 is 1.21 bits per heavy atom. The first kappa shape index (κ1) is 19.6. The van der Waals surface area contributed by atoms with Crippen molar-refractivity contribution in [2.45, 2.75) is 33.2 Å². The van der Waals surface area contributed by atoms with Crippen molar-refractivity contribution < 1.29 is 4.79 Å². The van der Waals surface area contributed by atoms with Crippen LogP contribution in [0.4, 0.5) is 0 Å². The van der Waals surface area contributed by atoms with Gasteiger partial charge in [0.2, 0.25) is 5.91 Å². The third-order valence-electron chi connectivity index (χ3n) is 5.80. The van der Waals surface area contributed by atoms with Crippen molar-refractivity contribution in [3.63, 3.8) is 0 Å². The van der Waals surface area contributed by atoms with Gasteiger partial charge >= 0.3 is 0 Å². The van der Waals surface area contributed by atoms with E-state index in [2.05, 4.69) is 34.3 Å². The van der Waals surface area contributed by atoms with E-state index in [1.54, 1.807) is 10.8 Å². The Kier molecular flexibility index (Phi) is 5.67. The van der Waals surface area contributed by atoms with E-state index >= 15 is 0 Å². The Morgan fingerprint density at radius 3 is 2.76 bits per heavy atom. The van der Waals surface area contributed by atoms with E-state index in [1.165, 1.54) is 6.42 Å². The zero-order chi connectivity index (χ0) is 20.4. The predicted octanol–water partition coefficient (Wildman–Crippen LogP) is 2.36. The summed E-state index contributed by atoms with van der Waals surface area (Å²) in [6.07, 6.45) is 3.89. The molecule has 1 amide bonds. The van der Waals surface area contributed by atoms with Crippen LogP contribution in [0.1, 0.15) is 26.7 Å². The number of nitrogens with one attached hydrogen (secondary N) is 2. The van der Waals surface area contributed by atoms with Crippen LogP contribution in [0.25, 0.3) is 21.8 Å². The average Bonchev–Trinajstić information content (AvgIpc) is 3.00. The Hall–Kier alpha value is -2.67. The fraction of sp³-hybridized carbons (Fsp3) is 0.500. The van der Waals surface area contributed by atoms with Crippen LogP contribution in [-0.4, -0.2) is 51.8 Å². The molecule has 1 aromatic carbocycles. The van der Waals surface area contributed by atoms with Crippen molar-refractivity contribution >= 4 is 27.7 Å². The predicted molar refractivity (Wildman–Crippen MR) is 115 cm³/mol. The molecule has 154 valence electrons. The molecule has 1 fully saturated rings. The van der Waals surface area contributed by atoms with E-state index in [1.807, 2.05) is 24.3 Å². The number of benzene rings is 1. The molecular weight excluding hydrogens is 366 g/mol. The number of carbonyl (C=O) groups is 1. The second-order valence-corrected chi connectivity index (χ2v) is 8.47. The second kappa shape index (κ2) is 8.37. The third-order valence-corrected chi connectivity index (χ3v) is 5.80. The summed E-state index contributed by atoms with van der Waals surface area (Å²) in [5.41, 5.74) is 1.08. The maximum Gasteiger partial charge on any atom is 0.288 e. The molecular formula is C22H29N5O2. The molecule has 1 saturated heterocycles. The molecule has 2 aromatic heterocycles. The quantitative estimate of drug-likeness (QED) is 0.628. The van der Waals surface area contributed by atoms with E-state index in [0.29, 0.717) is 12.1 Å². The van der Waals surface area contributed by atoms with Gasteiger partial charge in [-0.25, -0.2) is 5.10 Å². The maximum absolute atomic E-state index is 12.6. The van der Waals surface area contributed by atoms with Crippen molar-refractivity contribution in [3.8, 4) is 0 Å². The van der Waals surface area contributed by atoms with Gasteiger partial charge in [-0.1, -0.05) is 32.0 Å². The van der Waals surface area contributed by atoms with E-state index in [0.717, 1.165) is 54.2 Å². The number of amides is 1. The number of para-hydroxylation sites is 1. The Bertz CT molecular complexity index is 1060. The number of aromatic amines is 1. The summed E-state index contributed by atoms with van der Waals surface area (Å²) in [7, 11) is 0. The van der Waals surface area contributed by atoms with Gasteiger partial charge in [0.05, 0.1) is 6.20 Å². The fourth-order valence-corrected chi connectivity index (χ4v) is 4.78. The molecule has 1 aliphatic rings. The molecule has 0 aliphatic carbocycles. The molecule has 7 heteroatoms. The molecule has 0 radical (unpaired) electrons. The average molecular weight is 396 g/mol. The summed E-state index contributed by atoms with van der Waals surface area (Å²) in [5, 5.41) is 11.1. The number of hydrogen-bond donors (Lipinski definition) is 2. The van der Waals surface area contributed by atoms with Crippen LogP contribution in [0, 0.1) is 11.8 Å². The molecule has 4 rings (SSSR count). The van der Waals surface area contributed by atoms with Gasteiger partial charge in [-0.2, -0.15) is 5.10 Å². The highest BCUT2D eigenvalue weighted by Gasteiger charge is 2.21. The molecule has 0 unspecified atom stereocenters. The fourth-order valence-electron chi connectivity index (χ4n) is 4.78. The first-order valence-electron chi connectivity index (χ1n) is 10.5. The number of piperidine rings is 1. The van der Waals surface area contributed by atoms with Gasteiger partial charge in [-0.05, 0) is 37.3 Å². The highest BCUT2D eigenvalue weighted by Crippen LogP contribution is 2.25. The second-order valence-electron chi connectivity index (χ2n) is 8.47. The lowest BCUT2D eigenvalue weighted by Crippen LogP contribution is -2.40. The van der Waals surface area contributed by atoms with Crippen molar-refractivity contribution in [1.29, 1.82) is 0 Å². The first-order chi connectivity index (χ1) is 14.0. The van der Waals surface area contributed by atoms with Crippen LogP contribution >= 0.6 is 0 Å². The summed E-state index contributed by atoms with van der Waals surface area (Å²) in [6.45, 7) is 8.70. The zero-order valence-corrected chi connectivity index (χ0v) is 17.1. The monoisotopic (exact) mass is 395 g/mol. The van der Waals surface area contributed by atoms with Crippen LogP contribution in [0.2, 0.25) is 0 Å². The zero-order valence-electron chi connectivity index (χ0n) is 17.1. The number of rotatable bonds is 6. The summed E-state index contributed by atoms with van der Waals surface area (Å²) in [5.74, 6) is 1.41. The molecule has 2 N–H and O–H groups in total. The van der Waals surface area contributed by atoms with Crippen LogP contribution in [0.3, 0.4) is 0 Å². The molecule has 3 heterocycles. The highest BCUT2D eigenvalue weighted by atomic mass is 16.2. The van der Waals surface area contributed by atoms with E-state index < -0.39 is 0 Å². The molecule has 2 atom stereocenters. The number of likely N-dealkylation sites (tertiary alicyclic amines) is 1. The Morgan fingerprint density at radius 2 is 1.97 bits per heavy atom. The van der Waals surface area contributed by atoms with Gasteiger partial charge in [0, 0.05) is 35.9 Å². The summed E-state index contributed by atoms with van der Waals surface area (Å²) in [4.78, 5) is 27.5.